The van der Waals surface area contributed by atoms with Gasteiger partial charge in [0.2, 0.25) is 0 Å². The highest BCUT2D eigenvalue weighted by molar-refractivity contribution is 5.92. The van der Waals surface area contributed by atoms with E-state index in [1.807, 2.05) is 0 Å². The van der Waals surface area contributed by atoms with Crippen LogP contribution in [0.5, 0.6) is 0 Å². The van der Waals surface area contributed by atoms with Crippen molar-refractivity contribution in [3.05, 3.63) is 0 Å². The van der Waals surface area contributed by atoms with Crippen LogP contribution in [0, 0.1) is 0 Å². The van der Waals surface area contributed by atoms with Crippen molar-refractivity contribution in [2.45, 2.75) is 58.2 Å². The molecular formula is C16H29N3O5. The third-order valence-corrected chi connectivity index (χ3v) is 3.52. The van der Waals surface area contributed by atoms with Gasteiger partial charge in [-0.1, -0.05) is 0 Å². The Kier molecular flexibility index (Phi) is 7.62. The number of esters is 1. The third-order valence-electron chi connectivity index (χ3n) is 3.52. The SMILES string of the molecule is CCOC(=O)N1CCNCC1C(=O)[C@@H](N)CCC(=O)OC(C)(C)C. The summed E-state index contributed by atoms with van der Waals surface area (Å²) in [5.41, 5.74) is 5.36. The zero-order valence-electron chi connectivity index (χ0n) is 15.0. The van der Waals surface area contributed by atoms with E-state index in [1.54, 1.807) is 27.7 Å². The average Bonchev–Trinajstić information content (AvgIpc) is 2.50. The molecule has 1 aliphatic rings. The van der Waals surface area contributed by atoms with Crippen molar-refractivity contribution in [2.24, 2.45) is 5.73 Å². The molecule has 0 saturated carbocycles. The Labute approximate surface area is 143 Å². The van der Waals surface area contributed by atoms with E-state index in [1.165, 1.54) is 4.90 Å². The summed E-state index contributed by atoms with van der Waals surface area (Å²) in [4.78, 5) is 37.6. The number of ether oxygens (including phenoxy) is 2. The second-order valence-corrected chi connectivity index (χ2v) is 6.75. The van der Waals surface area contributed by atoms with E-state index in [0.29, 0.717) is 19.6 Å². The predicted molar refractivity (Wildman–Crippen MR) is 88.4 cm³/mol. The van der Waals surface area contributed by atoms with E-state index >= 15 is 0 Å². The van der Waals surface area contributed by atoms with Crippen molar-refractivity contribution in [1.82, 2.24) is 10.2 Å². The molecule has 0 aromatic heterocycles. The second-order valence-electron chi connectivity index (χ2n) is 6.75. The van der Waals surface area contributed by atoms with Crippen molar-refractivity contribution in [3.63, 3.8) is 0 Å². The number of hydrogen-bond acceptors (Lipinski definition) is 7. The maximum Gasteiger partial charge on any atom is 0.410 e. The van der Waals surface area contributed by atoms with E-state index in [9.17, 15) is 14.4 Å². The lowest BCUT2D eigenvalue weighted by Gasteiger charge is -2.35. The number of carbonyl (C=O) groups excluding carboxylic acids is 3. The molecule has 1 rings (SSSR count). The molecule has 2 atom stereocenters. The Morgan fingerprint density at radius 1 is 1.33 bits per heavy atom. The van der Waals surface area contributed by atoms with E-state index in [2.05, 4.69) is 5.32 Å². The molecule has 1 saturated heterocycles. The minimum absolute atomic E-state index is 0.0593. The summed E-state index contributed by atoms with van der Waals surface area (Å²) in [5, 5.41) is 3.08. The number of amides is 1. The fourth-order valence-electron chi connectivity index (χ4n) is 2.44. The van der Waals surface area contributed by atoms with Gasteiger partial charge in [0.25, 0.3) is 0 Å². The highest BCUT2D eigenvalue weighted by Gasteiger charge is 2.35. The van der Waals surface area contributed by atoms with Crippen LogP contribution in [0.25, 0.3) is 0 Å². The van der Waals surface area contributed by atoms with Gasteiger partial charge >= 0.3 is 12.1 Å². The van der Waals surface area contributed by atoms with Crippen LogP contribution >= 0.6 is 0 Å². The van der Waals surface area contributed by atoms with Crippen LogP contribution in [0.1, 0.15) is 40.5 Å². The van der Waals surface area contributed by atoms with Gasteiger partial charge in [-0.2, -0.15) is 0 Å². The third kappa shape index (κ3) is 6.45. The van der Waals surface area contributed by atoms with Crippen molar-refractivity contribution in [3.8, 4) is 0 Å². The van der Waals surface area contributed by atoms with Gasteiger partial charge in [0.05, 0.1) is 12.6 Å². The number of rotatable bonds is 6. The van der Waals surface area contributed by atoms with E-state index < -0.39 is 29.7 Å². The van der Waals surface area contributed by atoms with Crippen LogP contribution in [0.3, 0.4) is 0 Å². The molecule has 8 nitrogen and oxygen atoms in total. The molecule has 0 radical (unpaired) electrons. The molecule has 1 amide bonds. The first-order valence-corrected chi connectivity index (χ1v) is 8.31. The number of carbonyl (C=O) groups is 3. The van der Waals surface area contributed by atoms with E-state index in [-0.39, 0.29) is 25.2 Å². The first kappa shape index (κ1) is 20.4. The first-order chi connectivity index (χ1) is 11.2. The topological polar surface area (TPSA) is 111 Å². The summed E-state index contributed by atoms with van der Waals surface area (Å²) in [6, 6.07) is -1.51. The van der Waals surface area contributed by atoms with Crippen LogP contribution in [0.2, 0.25) is 0 Å². The van der Waals surface area contributed by atoms with Crippen LogP contribution in [-0.2, 0) is 19.1 Å². The van der Waals surface area contributed by atoms with Gasteiger partial charge in [0.1, 0.15) is 11.6 Å². The Balaban J connectivity index is 2.59. The summed E-state index contributed by atoms with van der Waals surface area (Å²) in [6.07, 6.45) is -0.276. The van der Waals surface area contributed by atoms with Gasteiger partial charge in [0, 0.05) is 26.1 Å². The number of hydrogen-bond donors (Lipinski definition) is 2. The number of nitrogens with two attached hydrogens (primary N) is 1. The van der Waals surface area contributed by atoms with Crippen LogP contribution < -0.4 is 11.1 Å². The van der Waals surface area contributed by atoms with Gasteiger partial charge in [0.15, 0.2) is 5.78 Å². The molecular weight excluding hydrogens is 314 g/mol. The molecule has 0 bridgehead atoms. The summed E-state index contributed by atoms with van der Waals surface area (Å²) < 4.78 is 10.2. The van der Waals surface area contributed by atoms with Crippen LogP contribution in [0.15, 0.2) is 0 Å². The molecule has 3 N–H and O–H groups in total. The standard InChI is InChI=1S/C16H29N3O5/c1-5-23-15(22)19-9-8-18-10-12(19)14(21)11(17)6-7-13(20)24-16(2,3)4/h11-12,18H,5-10,17H2,1-4H3/t11-,12?/m0/s1. The Bertz CT molecular complexity index is 461. The average molecular weight is 343 g/mol. The Morgan fingerprint density at radius 2 is 2.00 bits per heavy atom. The van der Waals surface area contributed by atoms with E-state index in [4.69, 9.17) is 15.2 Å². The van der Waals surface area contributed by atoms with Crippen molar-refractivity contribution in [2.75, 3.05) is 26.2 Å². The summed E-state index contributed by atoms with van der Waals surface area (Å²) in [5.74, 6) is -0.673. The van der Waals surface area contributed by atoms with Gasteiger partial charge in [-0.05, 0) is 34.1 Å². The molecule has 138 valence electrons. The molecule has 1 unspecified atom stereocenters. The van der Waals surface area contributed by atoms with E-state index in [0.717, 1.165) is 0 Å². The summed E-state index contributed by atoms with van der Waals surface area (Å²) >= 11 is 0. The first-order valence-electron chi connectivity index (χ1n) is 8.31. The number of nitrogens with zero attached hydrogens (tertiary/aromatic N) is 1. The highest BCUT2D eigenvalue weighted by atomic mass is 16.6. The fraction of sp³-hybridized carbons (Fsp3) is 0.812. The molecule has 0 aromatic rings. The van der Waals surface area contributed by atoms with Gasteiger partial charge in [-0.15, -0.1) is 0 Å². The summed E-state index contributed by atoms with van der Waals surface area (Å²) in [6.45, 7) is 8.60. The molecule has 0 spiro atoms. The Morgan fingerprint density at radius 3 is 2.58 bits per heavy atom. The minimum Gasteiger partial charge on any atom is -0.460 e. The van der Waals surface area contributed by atoms with Gasteiger partial charge < -0.3 is 20.5 Å². The van der Waals surface area contributed by atoms with Crippen LogP contribution in [-0.4, -0.2) is 66.7 Å². The van der Waals surface area contributed by atoms with Gasteiger partial charge in [-0.25, -0.2) is 4.79 Å². The summed E-state index contributed by atoms with van der Waals surface area (Å²) in [7, 11) is 0. The predicted octanol–water partition coefficient (Wildman–Crippen LogP) is 0.435. The number of Topliss-reactive ketones (excluding diaryl/α,β-unsaturated/α-hetero) is 1. The highest BCUT2D eigenvalue weighted by Crippen LogP contribution is 2.13. The molecule has 0 aliphatic carbocycles. The van der Waals surface area contributed by atoms with Crippen molar-refractivity contribution in [1.29, 1.82) is 0 Å². The zero-order chi connectivity index (χ0) is 18.3. The lowest BCUT2D eigenvalue weighted by molar-refractivity contribution is -0.155. The normalized spacial score (nSPS) is 19.5. The fourth-order valence-corrected chi connectivity index (χ4v) is 2.44. The Hall–Kier alpha value is -1.67. The van der Waals surface area contributed by atoms with Crippen molar-refractivity contribution < 1.29 is 23.9 Å². The molecule has 1 fully saturated rings. The molecule has 1 aliphatic heterocycles. The monoisotopic (exact) mass is 343 g/mol. The molecule has 24 heavy (non-hydrogen) atoms. The number of piperazine rings is 1. The second kappa shape index (κ2) is 8.98. The lowest BCUT2D eigenvalue weighted by atomic mass is 9.99. The van der Waals surface area contributed by atoms with Crippen LogP contribution in [0.4, 0.5) is 4.79 Å². The zero-order valence-corrected chi connectivity index (χ0v) is 15.0. The lowest BCUT2D eigenvalue weighted by Crippen LogP contribution is -2.60. The van der Waals surface area contributed by atoms with Gasteiger partial charge in [-0.3, -0.25) is 14.5 Å². The smallest absolute Gasteiger partial charge is 0.410 e. The number of ketones is 1. The largest absolute Gasteiger partial charge is 0.460 e. The maximum absolute atomic E-state index is 12.5. The molecule has 1 heterocycles. The maximum atomic E-state index is 12.5. The number of nitrogens with one attached hydrogen (secondary N) is 1. The quantitative estimate of drug-likeness (QED) is 0.673. The minimum atomic E-state index is -0.834. The molecule has 8 heteroatoms. The van der Waals surface area contributed by atoms with Crippen molar-refractivity contribution >= 4 is 17.8 Å². The molecule has 0 aromatic carbocycles.